The van der Waals surface area contributed by atoms with Crippen LogP contribution in [0.25, 0.3) is 0 Å². The van der Waals surface area contributed by atoms with E-state index in [-0.39, 0.29) is 30.1 Å². The maximum absolute atomic E-state index is 13.5. The Balaban J connectivity index is 1.83. The van der Waals surface area contributed by atoms with Crippen LogP contribution >= 0.6 is 22.9 Å². The summed E-state index contributed by atoms with van der Waals surface area (Å²) in [6, 6.07) is 16.9. The summed E-state index contributed by atoms with van der Waals surface area (Å²) in [5.41, 5.74) is 1.33. The van der Waals surface area contributed by atoms with Gasteiger partial charge in [0.15, 0.2) is 0 Å². The Morgan fingerprint density at radius 1 is 0.971 bits per heavy atom. The van der Waals surface area contributed by atoms with Crippen LogP contribution in [-0.4, -0.2) is 34.7 Å². The maximum atomic E-state index is 13.5. The molecular formula is C27H30ClFN2O2S. The number of rotatable bonds is 10. The normalized spacial score (nSPS) is 11.8. The number of halogens is 2. The predicted octanol–water partition coefficient (Wildman–Crippen LogP) is 6.57. The largest absolute Gasteiger partial charge is 0.332 e. The van der Waals surface area contributed by atoms with Gasteiger partial charge in [0.25, 0.3) is 5.91 Å². The molecule has 2 aromatic carbocycles. The quantitative estimate of drug-likeness (QED) is 0.316. The van der Waals surface area contributed by atoms with Crippen LogP contribution < -0.4 is 0 Å². The monoisotopic (exact) mass is 500 g/mol. The van der Waals surface area contributed by atoms with Crippen LogP contribution in [0.1, 0.15) is 45.9 Å². The Morgan fingerprint density at radius 3 is 2.24 bits per heavy atom. The zero-order valence-electron chi connectivity index (χ0n) is 19.8. The lowest BCUT2D eigenvalue weighted by atomic mass is 10.1. The Morgan fingerprint density at radius 2 is 1.65 bits per heavy atom. The first-order chi connectivity index (χ1) is 16.2. The van der Waals surface area contributed by atoms with Crippen molar-refractivity contribution in [2.24, 2.45) is 5.92 Å². The highest BCUT2D eigenvalue weighted by Crippen LogP contribution is 2.20. The van der Waals surface area contributed by atoms with Gasteiger partial charge >= 0.3 is 0 Å². The Labute approximate surface area is 210 Å². The van der Waals surface area contributed by atoms with Crippen molar-refractivity contribution in [1.82, 2.24) is 9.80 Å². The average Bonchev–Trinajstić information content (AvgIpc) is 3.24. The Kier molecular flexibility index (Phi) is 9.25. The van der Waals surface area contributed by atoms with Gasteiger partial charge in [-0.3, -0.25) is 9.59 Å². The standard InChI is InChI=1S/C27H30ClFN2O2S/c1-4-19(2)15-31(27(33)22-8-10-23(28)11-9-22)18-26(32)30(17-25-14-5-20(3)34-25)16-21-6-12-24(29)13-7-21/h5-14,19H,4,15-18H2,1-3H3. The number of hydrogen-bond acceptors (Lipinski definition) is 3. The fraction of sp³-hybridized carbons (Fsp3) is 0.333. The van der Waals surface area contributed by atoms with Crippen LogP contribution in [0.2, 0.25) is 5.02 Å². The molecule has 0 aliphatic rings. The molecule has 1 aromatic heterocycles. The SMILES string of the molecule is CCC(C)CN(CC(=O)N(Cc1ccc(F)cc1)Cc1ccc(C)s1)C(=O)c1ccc(Cl)cc1. The molecule has 0 N–H and O–H groups in total. The van der Waals surface area contributed by atoms with E-state index in [0.717, 1.165) is 16.9 Å². The van der Waals surface area contributed by atoms with E-state index in [4.69, 9.17) is 11.6 Å². The molecule has 3 aromatic rings. The van der Waals surface area contributed by atoms with Gasteiger partial charge in [-0.1, -0.05) is 44.0 Å². The van der Waals surface area contributed by atoms with Gasteiger partial charge < -0.3 is 9.80 Å². The zero-order valence-corrected chi connectivity index (χ0v) is 21.3. The molecule has 4 nitrogen and oxygen atoms in total. The summed E-state index contributed by atoms with van der Waals surface area (Å²) in [7, 11) is 0. The minimum atomic E-state index is -0.316. The van der Waals surface area contributed by atoms with Crippen LogP contribution in [0.4, 0.5) is 4.39 Å². The fourth-order valence-electron chi connectivity index (χ4n) is 3.56. The molecule has 0 saturated carbocycles. The lowest BCUT2D eigenvalue weighted by Crippen LogP contribution is -2.44. The number of carbonyl (C=O) groups is 2. The van der Waals surface area contributed by atoms with Crippen molar-refractivity contribution in [2.45, 2.75) is 40.3 Å². The van der Waals surface area contributed by atoms with Gasteiger partial charge in [-0.25, -0.2) is 4.39 Å². The molecule has 0 spiro atoms. The van der Waals surface area contributed by atoms with E-state index in [9.17, 15) is 14.0 Å². The lowest BCUT2D eigenvalue weighted by Gasteiger charge is -2.29. The van der Waals surface area contributed by atoms with Crippen molar-refractivity contribution < 1.29 is 14.0 Å². The molecule has 1 heterocycles. The first kappa shape index (κ1) is 25.9. The van der Waals surface area contributed by atoms with E-state index in [1.54, 1.807) is 57.5 Å². The summed E-state index contributed by atoms with van der Waals surface area (Å²) in [5, 5.41) is 0.554. The molecule has 3 rings (SSSR count). The molecule has 0 saturated heterocycles. The van der Waals surface area contributed by atoms with E-state index < -0.39 is 0 Å². The van der Waals surface area contributed by atoms with Crippen LogP contribution in [0.3, 0.4) is 0 Å². The number of thiophene rings is 1. The molecule has 7 heteroatoms. The van der Waals surface area contributed by atoms with Crippen LogP contribution in [0, 0.1) is 18.7 Å². The molecule has 2 amide bonds. The van der Waals surface area contributed by atoms with E-state index >= 15 is 0 Å². The summed E-state index contributed by atoms with van der Waals surface area (Å²) in [4.78, 5) is 32.4. The van der Waals surface area contributed by atoms with Crippen molar-refractivity contribution in [2.75, 3.05) is 13.1 Å². The third-order valence-corrected chi connectivity index (χ3v) is 6.95. The van der Waals surface area contributed by atoms with Crippen LogP contribution in [0.5, 0.6) is 0 Å². The van der Waals surface area contributed by atoms with E-state index in [1.165, 1.54) is 17.0 Å². The number of nitrogens with zero attached hydrogens (tertiary/aromatic N) is 2. The summed E-state index contributed by atoms with van der Waals surface area (Å²) in [6.07, 6.45) is 0.895. The molecule has 0 aliphatic carbocycles. The predicted molar refractivity (Wildman–Crippen MR) is 137 cm³/mol. The smallest absolute Gasteiger partial charge is 0.254 e. The molecular weight excluding hydrogens is 471 g/mol. The van der Waals surface area contributed by atoms with Crippen molar-refractivity contribution in [1.29, 1.82) is 0 Å². The second kappa shape index (κ2) is 12.1. The lowest BCUT2D eigenvalue weighted by molar-refractivity contribution is -0.133. The highest BCUT2D eigenvalue weighted by molar-refractivity contribution is 7.11. The van der Waals surface area contributed by atoms with Crippen molar-refractivity contribution in [3.8, 4) is 0 Å². The third-order valence-electron chi connectivity index (χ3n) is 5.72. The summed E-state index contributed by atoms with van der Waals surface area (Å²) in [5.74, 6) is -0.418. The minimum Gasteiger partial charge on any atom is -0.332 e. The molecule has 0 aliphatic heterocycles. The molecule has 180 valence electrons. The van der Waals surface area contributed by atoms with Crippen LogP contribution in [-0.2, 0) is 17.9 Å². The maximum Gasteiger partial charge on any atom is 0.254 e. The summed E-state index contributed by atoms with van der Waals surface area (Å²) < 4.78 is 13.4. The minimum absolute atomic E-state index is 0.0304. The second-order valence-electron chi connectivity index (χ2n) is 8.59. The Bertz CT molecular complexity index is 1100. The summed E-state index contributed by atoms with van der Waals surface area (Å²) in [6.45, 7) is 7.38. The van der Waals surface area contributed by atoms with Crippen molar-refractivity contribution >= 4 is 34.8 Å². The van der Waals surface area contributed by atoms with Crippen molar-refractivity contribution in [3.63, 3.8) is 0 Å². The molecule has 0 fully saturated rings. The van der Waals surface area contributed by atoms with E-state index in [1.807, 2.05) is 19.1 Å². The van der Waals surface area contributed by atoms with Crippen LogP contribution in [0.15, 0.2) is 60.7 Å². The highest BCUT2D eigenvalue weighted by atomic mass is 35.5. The van der Waals surface area contributed by atoms with Gasteiger partial charge in [0.05, 0.1) is 6.54 Å². The van der Waals surface area contributed by atoms with Gasteiger partial charge in [-0.2, -0.15) is 0 Å². The Hall–Kier alpha value is -2.70. The zero-order chi connectivity index (χ0) is 24.7. The first-order valence-corrected chi connectivity index (χ1v) is 12.6. The number of carbonyl (C=O) groups excluding carboxylic acids is 2. The molecule has 1 unspecified atom stereocenters. The van der Waals surface area contributed by atoms with Gasteiger partial charge in [-0.05, 0) is 66.9 Å². The van der Waals surface area contributed by atoms with Gasteiger partial charge in [-0.15, -0.1) is 11.3 Å². The van der Waals surface area contributed by atoms with E-state index in [2.05, 4.69) is 13.8 Å². The summed E-state index contributed by atoms with van der Waals surface area (Å²) >= 11 is 7.62. The van der Waals surface area contributed by atoms with E-state index in [0.29, 0.717) is 30.2 Å². The molecule has 1 atom stereocenters. The third kappa shape index (κ3) is 7.40. The van der Waals surface area contributed by atoms with Crippen molar-refractivity contribution in [3.05, 3.63) is 92.4 Å². The molecule has 34 heavy (non-hydrogen) atoms. The first-order valence-electron chi connectivity index (χ1n) is 11.4. The average molecular weight is 501 g/mol. The second-order valence-corrected chi connectivity index (χ2v) is 10.4. The van der Waals surface area contributed by atoms with Gasteiger partial charge in [0.1, 0.15) is 12.4 Å². The fourth-order valence-corrected chi connectivity index (χ4v) is 4.60. The number of aryl methyl sites for hydroxylation is 1. The molecule has 0 radical (unpaired) electrons. The number of amides is 2. The van der Waals surface area contributed by atoms with Gasteiger partial charge in [0, 0.05) is 33.4 Å². The number of hydrogen-bond donors (Lipinski definition) is 0. The molecule has 0 bridgehead atoms. The number of benzene rings is 2. The topological polar surface area (TPSA) is 40.6 Å². The van der Waals surface area contributed by atoms with Gasteiger partial charge in [0.2, 0.25) is 5.91 Å². The highest BCUT2D eigenvalue weighted by Gasteiger charge is 2.24.